The Hall–Kier alpha value is -2.38. The highest BCUT2D eigenvalue weighted by Crippen LogP contribution is 2.38. The molecule has 0 heterocycles. The maximum Gasteiger partial charge on any atom is 0.508 e. The molecule has 2 rings (SSSR count). The van der Waals surface area contributed by atoms with Crippen LogP contribution < -0.4 is 0 Å². The molecule has 0 radical (unpaired) electrons. The number of allylic oxidation sites excluding steroid dienone is 2. The first-order valence-electron chi connectivity index (χ1n) is 12.0. The summed E-state index contributed by atoms with van der Waals surface area (Å²) in [5.74, 6) is -0.966. The maximum atomic E-state index is 11.9. The highest BCUT2D eigenvalue weighted by Gasteiger charge is 2.40. The van der Waals surface area contributed by atoms with E-state index in [4.69, 9.17) is 14.6 Å². The Kier molecular flexibility index (Phi) is 12.0. The molecule has 5 atom stereocenters. The van der Waals surface area contributed by atoms with Gasteiger partial charge in [0.1, 0.15) is 6.10 Å². The second-order valence-electron chi connectivity index (χ2n) is 8.72. The van der Waals surface area contributed by atoms with Gasteiger partial charge in [-0.05, 0) is 75.7 Å². The minimum Gasteiger partial charge on any atom is -0.481 e. The number of carbonyl (C=O) groups is 2. The molecule has 0 amide bonds. The second-order valence-corrected chi connectivity index (χ2v) is 8.72. The Morgan fingerprint density at radius 3 is 2.52 bits per heavy atom. The molecule has 0 unspecified atom stereocenters. The topological polar surface area (TPSA) is 113 Å². The van der Waals surface area contributed by atoms with Gasteiger partial charge < -0.3 is 24.8 Å². The summed E-state index contributed by atoms with van der Waals surface area (Å²) in [6, 6.07) is 10.00. The van der Waals surface area contributed by atoms with Gasteiger partial charge in [0.05, 0.1) is 18.8 Å². The van der Waals surface area contributed by atoms with E-state index in [9.17, 15) is 19.8 Å². The van der Waals surface area contributed by atoms with Crippen LogP contribution in [0.5, 0.6) is 0 Å². The summed E-state index contributed by atoms with van der Waals surface area (Å²) < 4.78 is 10.5. The van der Waals surface area contributed by atoms with Gasteiger partial charge in [0.2, 0.25) is 0 Å². The molecular weight excluding hydrogens is 424 g/mol. The molecule has 3 N–H and O–H groups in total. The van der Waals surface area contributed by atoms with E-state index in [2.05, 4.69) is 0 Å². The van der Waals surface area contributed by atoms with Crippen molar-refractivity contribution in [1.29, 1.82) is 0 Å². The first-order chi connectivity index (χ1) is 15.9. The van der Waals surface area contributed by atoms with E-state index in [0.717, 1.165) is 12.0 Å². The standard InChI is InChI=1S/C26H38O7/c1-2-32-26(31)33-20(15-14-19-10-6-5-7-11-19)16-17-22-21(23(27)18-24(22)28)12-8-3-4-9-13-25(29)30/h3,5-8,10-11,20-24,27-28H,2,4,9,12-18H2,1H3,(H,29,30)/b8-3-/t20-,21+,22+,23-,24+/m0/s1. The number of carboxylic acid groups (broad SMARTS) is 1. The Labute approximate surface area is 196 Å². The number of hydrogen-bond acceptors (Lipinski definition) is 6. The number of benzene rings is 1. The summed E-state index contributed by atoms with van der Waals surface area (Å²) in [5, 5.41) is 29.7. The Morgan fingerprint density at radius 2 is 1.82 bits per heavy atom. The van der Waals surface area contributed by atoms with Gasteiger partial charge in [0.25, 0.3) is 0 Å². The van der Waals surface area contributed by atoms with Gasteiger partial charge in [0.15, 0.2) is 0 Å². The molecule has 0 aromatic heterocycles. The van der Waals surface area contributed by atoms with Crippen molar-refractivity contribution in [2.75, 3.05) is 6.61 Å². The summed E-state index contributed by atoms with van der Waals surface area (Å²) >= 11 is 0. The average Bonchev–Trinajstić information content (AvgIpc) is 3.05. The van der Waals surface area contributed by atoms with Crippen LogP contribution in [-0.2, 0) is 20.7 Å². The van der Waals surface area contributed by atoms with Crippen LogP contribution in [0.4, 0.5) is 4.79 Å². The van der Waals surface area contributed by atoms with Gasteiger partial charge in [-0.25, -0.2) is 4.79 Å². The zero-order chi connectivity index (χ0) is 24.1. The van der Waals surface area contributed by atoms with Gasteiger partial charge in [-0.15, -0.1) is 0 Å². The smallest absolute Gasteiger partial charge is 0.481 e. The van der Waals surface area contributed by atoms with Crippen molar-refractivity contribution in [3.8, 4) is 0 Å². The molecule has 7 heteroatoms. The molecule has 1 fully saturated rings. The third kappa shape index (κ3) is 9.96. The van der Waals surface area contributed by atoms with Crippen LogP contribution in [-0.4, -0.2) is 52.4 Å². The molecule has 0 saturated heterocycles. The number of ether oxygens (including phenoxy) is 2. The molecule has 1 aliphatic rings. The number of carbonyl (C=O) groups excluding carboxylic acids is 1. The predicted molar refractivity (Wildman–Crippen MR) is 125 cm³/mol. The number of carboxylic acids is 1. The summed E-state index contributed by atoms with van der Waals surface area (Å²) in [5.41, 5.74) is 1.16. The van der Waals surface area contributed by atoms with Gasteiger partial charge in [-0.3, -0.25) is 4.79 Å². The van der Waals surface area contributed by atoms with Crippen molar-refractivity contribution in [3.63, 3.8) is 0 Å². The highest BCUT2D eigenvalue weighted by molar-refractivity contribution is 5.66. The Morgan fingerprint density at radius 1 is 1.09 bits per heavy atom. The minimum absolute atomic E-state index is 0.0758. The zero-order valence-corrected chi connectivity index (χ0v) is 19.5. The number of aryl methyl sites for hydroxylation is 1. The van der Waals surface area contributed by atoms with E-state index in [1.54, 1.807) is 6.92 Å². The molecule has 1 aromatic carbocycles. The average molecular weight is 463 g/mol. The summed E-state index contributed by atoms with van der Waals surface area (Å²) in [7, 11) is 0. The van der Waals surface area contributed by atoms with Gasteiger partial charge >= 0.3 is 12.1 Å². The quantitative estimate of drug-likeness (QED) is 0.212. The molecule has 1 aromatic rings. The van der Waals surface area contributed by atoms with Crippen LogP contribution in [0.1, 0.15) is 63.9 Å². The number of hydrogen-bond donors (Lipinski definition) is 3. The normalized spacial score (nSPS) is 23.5. The number of aliphatic hydroxyl groups excluding tert-OH is 2. The monoisotopic (exact) mass is 462 g/mol. The molecule has 184 valence electrons. The van der Waals surface area contributed by atoms with Crippen molar-refractivity contribution in [2.24, 2.45) is 11.8 Å². The van der Waals surface area contributed by atoms with E-state index >= 15 is 0 Å². The maximum absolute atomic E-state index is 11.9. The van der Waals surface area contributed by atoms with Crippen LogP contribution in [0.15, 0.2) is 42.5 Å². The fourth-order valence-electron chi connectivity index (χ4n) is 4.55. The molecule has 1 saturated carbocycles. The predicted octanol–water partition coefficient (Wildman–Crippen LogP) is 4.50. The second kappa shape index (κ2) is 14.7. The van der Waals surface area contributed by atoms with E-state index in [-0.39, 0.29) is 31.0 Å². The SMILES string of the molecule is CCOC(=O)O[C@@H](CCc1ccccc1)CC[C@@H]1[C@@H](C/C=C\CCCC(=O)O)[C@@H](O)C[C@H]1O. The van der Waals surface area contributed by atoms with E-state index in [1.807, 2.05) is 42.5 Å². The van der Waals surface area contributed by atoms with Crippen molar-refractivity contribution >= 4 is 12.1 Å². The third-order valence-corrected chi connectivity index (χ3v) is 6.30. The fourth-order valence-corrected chi connectivity index (χ4v) is 4.55. The Balaban J connectivity index is 1.91. The first-order valence-corrected chi connectivity index (χ1v) is 12.0. The lowest BCUT2D eigenvalue weighted by Crippen LogP contribution is -2.26. The van der Waals surface area contributed by atoms with Crippen molar-refractivity contribution in [1.82, 2.24) is 0 Å². The lowest BCUT2D eigenvalue weighted by Gasteiger charge is -2.25. The molecule has 0 bridgehead atoms. The molecule has 7 nitrogen and oxygen atoms in total. The van der Waals surface area contributed by atoms with Crippen molar-refractivity contribution < 1.29 is 34.4 Å². The molecule has 33 heavy (non-hydrogen) atoms. The number of unbranched alkanes of at least 4 members (excludes halogenated alkanes) is 1. The largest absolute Gasteiger partial charge is 0.508 e. The van der Waals surface area contributed by atoms with Gasteiger partial charge in [-0.2, -0.15) is 0 Å². The number of rotatable bonds is 14. The van der Waals surface area contributed by atoms with Crippen LogP contribution in [0, 0.1) is 11.8 Å². The molecular formula is C26H38O7. The fraction of sp³-hybridized carbons (Fsp3) is 0.615. The first kappa shape index (κ1) is 26.9. The highest BCUT2D eigenvalue weighted by atomic mass is 16.7. The molecule has 1 aliphatic carbocycles. The van der Waals surface area contributed by atoms with Crippen LogP contribution in [0.3, 0.4) is 0 Å². The molecule has 0 spiro atoms. The van der Waals surface area contributed by atoms with Gasteiger partial charge in [-0.1, -0.05) is 42.5 Å². The molecule has 0 aliphatic heterocycles. The van der Waals surface area contributed by atoms with E-state index < -0.39 is 24.3 Å². The third-order valence-electron chi connectivity index (χ3n) is 6.30. The van der Waals surface area contributed by atoms with E-state index in [0.29, 0.717) is 44.9 Å². The van der Waals surface area contributed by atoms with E-state index in [1.165, 1.54) is 0 Å². The number of aliphatic carboxylic acids is 1. The van der Waals surface area contributed by atoms with Gasteiger partial charge in [0, 0.05) is 6.42 Å². The van der Waals surface area contributed by atoms with Crippen molar-refractivity contribution in [3.05, 3.63) is 48.0 Å². The van der Waals surface area contributed by atoms with Crippen LogP contribution in [0.25, 0.3) is 0 Å². The van der Waals surface area contributed by atoms with Crippen LogP contribution >= 0.6 is 0 Å². The number of aliphatic hydroxyl groups is 2. The van der Waals surface area contributed by atoms with Crippen molar-refractivity contribution in [2.45, 2.75) is 83.0 Å². The van der Waals surface area contributed by atoms with Crippen LogP contribution in [0.2, 0.25) is 0 Å². The lowest BCUT2D eigenvalue weighted by atomic mass is 9.85. The summed E-state index contributed by atoms with van der Waals surface area (Å²) in [6.07, 6.45) is 6.75. The minimum atomic E-state index is -0.801. The Bertz CT molecular complexity index is 733. The zero-order valence-electron chi connectivity index (χ0n) is 19.5. The lowest BCUT2D eigenvalue weighted by molar-refractivity contribution is -0.137. The summed E-state index contributed by atoms with van der Waals surface area (Å²) in [6.45, 7) is 1.98. The summed E-state index contributed by atoms with van der Waals surface area (Å²) in [4.78, 5) is 22.5.